The molecule has 0 saturated heterocycles. The van der Waals surface area contributed by atoms with Gasteiger partial charge in [0.05, 0.1) is 33.3 Å². The van der Waals surface area contributed by atoms with Crippen LogP contribution in [-0.2, 0) is 33.5 Å². The molecule has 52 heavy (non-hydrogen) atoms. The number of anilines is 1. The molecule has 4 rings (SSSR count). The number of nitrogen functional groups attached to an aromatic ring is 1. The van der Waals surface area contributed by atoms with E-state index in [2.05, 4.69) is 77.8 Å². The van der Waals surface area contributed by atoms with E-state index < -0.39 is 8.32 Å². The summed E-state index contributed by atoms with van der Waals surface area (Å²) < 4.78 is 24.4. The Balaban J connectivity index is 1.30. The molecular weight excluding hydrogens is 679 g/mol. The first-order valence-corrected chi connectivity index (χ1v) is 21.2. The number of aromatic nitrogens is 5. The van der Waals surface area contributed by atoms with Crippen LogP contribution in [0.3, 0.4) is 0 Å². The number of imidazole rings is 1. The van der Waals surface area contributed by atoms with Crippen LogP contribution < -0.4 is 20.9 Å². The second-order valence-corrected chi connectivity index (χ2v) is 19.5. The highest BCUT2D eigenvalue weighted by Crippen LogP contribution is 2.36. The first-order chi connectivity index (χ1) is 24.8. The maximum Gasteiger partial charge on any atom is 0.328 e. The van der Waals surface area contributed by atoms with E-state index in [0.29, 0.717) is 30.3 Å². The van der Waals surface area contributed by atoms with Gasteiger partial charge in [-0.25, -0.2) is 9.78 Å². The van der Waals surface area contributed by atoms with Crippen molar-refractivity contribution in [2.75, 3.05) is 45.8 Å². The minimum atomic E-state index is -1.81. The van der Waals surface area contributed by atoms with Crippen LogP contribution in [0.4, 0.5) is 5.82 Å². The zero-order valence-electron chi connectivity index (χ0n) is 32.0. The molecule has 0 atom stereocenters. The number of ether oxygens (including phenoxy) is 3. The van der Waals surface area contributed by atoms with Crippen LogP contribution in [0.1, 0.15) is 76.5 Å². The van der Waals surface area contributed by atoms with Crippen LogP contribution in [0.2, 0.25) is 18.1 Å². The van der Waals surface area contributed by atoms with Gasteiger partial charge < -0.3 is 29.4 Å². The Kier molecular flexibility index (Phi) is 14.8. The van der Waals surface area contributed by atoms with Gasteiger partial charge in [-0.15, -0.1) is 0 Å². The molecule has 3 heterocycles. The number of benzene rings is 1. The molecule has 0 unspecified atom stereocenters. The number of esters is 1. The highest BCUT2D eigenvalue weighted by Gasteiger charge is 2.36. The fraction of sp³-hybridized carbons (Fsp3) is 0.553. The van der Waals surface area contributed by atoms with Gasteiger partial charge in [0, 0.05) is 32.0 Å². The minimum Gasteiger partial charge on any atom is -0.478 e. The number of hydrogen-bond acceptors (Lipinski definition) is 11. The largest absolute Gasteiger partial charge is 0.478 e. The number of aromatic amines is 1. The highest BCUT2D eigenvalue weighted by atomic mass is 28.4. The molecule has 284 valence electrons. The lowest BCUT2D eigenvalue weighted by atomic mass is 10.1. The number of hydrogen-bond donors (Lipinski definition) is 2. The van der Waals surface area contributed by atoms with E-state index in [1.54, 1.807) is 6.20 Å². The lowest BCUT2D eigenvalue weighted by molar-refractivity contribution is -0.139. The highest BCUT2D eigenvalue weighted by molar-refractivity contribution is 6.74. The van der Waals surface area contributed by atoms with Crippen molar-refractivity contribution < 1.29 is 23.4 Å². The molecule has 4 aromatic rings. The molecule has 0 aliphatic rings. The maximum atomic E-state index is 12.8. The summed E-state index contributed by atoms with van der Waals surface area (Å²) in [4.78, 5) is 42.9. The van der Waals surface area contributed by atoms with Gasteiger partial charge in [-0.1, -0.05) is 64.4 Å². The molecule has 3 N–H and O–H groups in total. The van der Waals surface area contributed by atoms with Crippen molar-refractivity contribution in [2.45, 2.75) is 97.4 Å². The predicted octanol–water partition coefficient (Wildman–Crippen LogP) is 6.11. The van der Waals surface area contributed by atoms with Crippen LogP contribution in [0, 0.1) is 0 Å². The maximum absolute atomic E-state index is 12.8. The molecule has 0 spiro atoms. The number of pyridine rings is 1. The summed E-state index contributed by atoms with van der Waals surface area (Å²) in [6.07, 6.45) is 6.55. The number of nitrogens with zero attached hydrogens (tertiary/aromatic N) is 5. The number of rotatable bonds is 21. The van der Waals surface area contributed by atoms with Gasteiger partial charge in [-0.3, -0.25) is 14.3 Å². The van der Waals surface area contributed by atoms with E-state index in [9.17, 15) is 9.59 Å². The average molecular weight is 736 g/mol. The summed E-state index contributed by atoms with van der Waals surface area (Å²) in [7, 11) is -0.391. The third-order valence-electron chi connectivity index (χ3n) is 9.48. The number of carbonyl (C=O) groups excluding carboxylic acids is 1. The van der Waals surface area contributed by atoms with Crippen LogP contribution in [0.25, 0.3) is 11.2 Å². The van der Waals surface area contributed by atoms with Crippen molar-refractivity contribution >= 4 is 31.3 Å². The lowest BCUT2D eigenvalue weighted by Crippen LogP contribution is -2.41. The molecule has 0 fully saturated rings. The smallest absolute Gasteiger partial charge is 0.328 e. The van der Waals surface area contributed by atoms with E-state index >= 15 is 0 Å². The minimum absolute atomic E-state index is 0.150. The summed E-state index contributed by atoms with van der Waals surface area (Å²) in [6.45, 7) is 18.0. The number of carbonyl (C=O) groups is 1. The normalized spacial score (nSPS) is 12.1. The third-order valence-corrected chi connectivity index (χ3v) is 14.0. The molecule has 1 aromatic carbocycles. The topological polar surface area (TPSA) is 160 Å². The number of nitrogens with two attached hydrogens (primary N) is 1. The quantitative estimate of drug-likeness (QED) is 0.0577. The molecule has 0 aliphatic carbocycles. The fourth-order valence-corrected chi connectivity index (χ4v) is 6.46. The van der Waals surface area contributed by atoms with Crippen molar-refractivity contribution in [3.05, 3.63) is 69.8 Å². The number of nitrogens with one attached hydrogen (secondary N) is 1. The van der Waals surface area contributed by atoms with Gasteiger partial charge in [0.1, 0.15) is 5.52 Å². The number of fused-ring (bicyclic) bond motifs is 1. The molecule has 14 heteroatoms. The second kappa shape index (κ2) is 19.0. The van der Waals surface area contributed by atoms with E-state index in [-0.39, 0.29) is 41.5 Å². The van der Waals surface area contributed by atoms with Crippen LogP contribution in [-0.4, -0.2) is 83.7 Å². The SMILES string of the molecule is CCCCOc1nc(N)c2[nH]c(=O)n(Cc3ccc(OCCCCN(CCCO[Si](C)(C)C(C)(C)C)Cc4cccc(CC(=O)OC)c4)nc3)c2n1. The second-order valence-electron chi connectivity index (χ2n) is 14.7. The molecule has 0 saturated carbocycles. The Morgan fingerprint density at radius 2 is 1.71 bits per heavy atom. The monoisotopic (exact) mass is 735 g/mol. The molecule has 0 amide bonds. The zero-order chi connectivity index (χ0) is 37.7. The summed E-state index contributed by atoms with van der Waals surface area (Å²) in [5, 5.41) is 0.177. The molecular formula is C38H57N7O6Si. The molecule has 0 bridgehead atoms. The Labute approximate surface area is 308 Å². The lowest BCUT2D eigenvalue weighted by Gasteiger charge is -2.36. The number of H-pyrrole nitrogens is 1. The van der Waals surface area contributed by atoms with E-state index in [1.165, 1.54) is 17.2 Å². The number of unbranched alkanes of at least 4 members (excludes halogenated alkanes) is 2. The summed E-state index contributed by atoms with van der Waals surface area (Å²) >= 11 is 0. The third kappa shape index (κ3) is 11.9. The molecule has 0 radical (unpaired) electrons. The van der Waals surface area contributed by atoms with E-state index in [1.807, 2.05) is 24.3 Å². The van der Waals surface area contributed by atoms with Gasteiger partial charge in [-0.2, -0.15) is 9.97 Å². The van der Waals surface area contributed by atoms with Crippen molar-refractivity contribution in [1.29, 1.82) is 0 Å². The summed E-state index contributed by atoms with van der Waals surface area (Å²) in [5.74, 6) is 0.446. The van der Waals surface area contributed by atoms with Crippen LogP contribution in [0.15, 0.2) is 47.4 Å². The van der Waals surface area contributed by atoms with Crippen molar-refractivity contribution in [2.24, 2.45) is 0 Å². The van der Waals surface area contributed by atoms with Crippen molar-refractivity contribution in [3.63, 3.8) is 0 Å². The Morgan fingerprint density at radius 1 is 0.962 bits per heavy atom. The van der Waals surface area contributed by atoms with E-state index in [0.717, 1.165) is 69.5 Å². The summed E-state index contributed by atoms with van der Waals surface area (Å²) in [6, 6.07) is 12.0. The van der Waals surface area contributed by atoms with Crippen LogP contribution in [0.5, 0.6) is 11.9 Å². The molecule has 0 aliphatic heterocycles. The van der Waals surface area contributed by atoms with Crippen molar-refractivity contribution in [3.8, 4) is 11.9 Å². The first-order valence-electron chi connectivity index (χ1n) is 18.3. The summed E-state index contributed by atoms with van der Waals surface area (Å²) in [5.41, 5.74) is 9.44. The van der Waals surface area contributed by atoms with Gasteiger partial charge in [0.25, 0.3) is 0 Å². The average Bonchev–Trinajstić information content (AvgIpc) is 3.41. The Hall–Kier alpha value is -4.27. The molecule has 13 nitrogen and oxygen atoms in total. The standard InChI is InChI=1S/C38H57N7O6Si/c1-8-9-20-50-36-42-34(39)33-35(43-36)45(37(47)41-33)27-30-16-17-31(40-25-30)49-21-11-10-18-44(19-13-22-51-52(6,7)38(2,3)4)26-29-15-12-14-28(23-29)24-32(46)48-5/h12,14-17,23,25H,8-11,13,18-22,24,26-27H2,1-7H3,(H,41,47)(H2,39,42,43). The zero-order valence-corrected chi connectivity index (χ0v) is 33.0. The van der Waals surface area contributed by atoms with Gasteiger partial charge >= 0.3 is 17.7 Å². The molecule has 3 aromatic heterocycles. The van der Waals surface area contributed by atoms with Crippen LogP contribution >= 0.6 is 0 Å². The van der Waals surface area contributed by atoms with E-state index in [4.69, 9.17) is 24.4 Å². The predicted molar refractivity (Wildman–Crippen MR) is 206 cm³/mol. The van der Waals surface area contributed by atoms with Gasteiger partial charge in [-0.05, 0) is 67.1 Å². The Bertz CT molecular complexity index is 1790. The van der Waals surface area contributed by atoms with Gasteiger partial charge in [0.15, 0.2) is 19.8 Å². The number of methoxy groups -OCH3 is 1. The first kappa shape index (κ1) is 40.5. The fourth-order valence-electron chi connectivity index (χ4n) is 5.37. The Morgan fingerprint density at radius 3 is 2.42 bits per heavy atom. The van der Waals surface area contributed by atoms with Gasteiger partial charge in [0.2, 0.25) is 5.88 Å². The van der Waals surface area contributed by atoms with Crippen molar-refractivity contribution in [1.82, 2.24) is 29.4 Å².